The van der Waals surface area contributed by atoms with Gasteiger partial charge in [0.05, 0.1) is 16.0 Å². The summed E-state index contributed by atoms with van der Waals surface area (Å²) >= 11 is 11.9. The molecule has 2 N–H and O–H groups in total. The third-order valence-corrected chi connectivity index (χ3v) is 3.78. The summed E-state index contributed by atoms with van der Waals surface area (Å²) in [5.74, 6) is -1.78. The van der Waals surface area contributed by atoms with Crippen LogP contribution in [0, 0.1) is 0 Å². The van der Waals surface area contributed by atoms with Crippen LogP contribution in [0.5, 0.6) is 5.75 Å². The monoisotopic (exact) mass is 350 g/mol. The predicted molar refractivity (Wildman–Crippen MR) is 86.6 cm³/mol. The van der Waals surface area contributed by atoms with Crippen molar-refractivity contribution in [2.24, 2.45) is 0 Å². The summed E-state index contributed by atoms with van der Waals surface area (Å²) in [5.41, 5.74) is -0.164. The summed E-state index contributed by atoms with van der Waals surface area (Å²) in [4.78, 5) is 23.1. The van der Waals surface area contributed by atoms with Gasteiger partial charge in [0.1, 0.15) is 0 Å². The van der Waals surface area contributed by atoms with Gasteiger partial charge in [0.25, 0.3) is 0 Å². The highest BCUT2D eigenvalue weighted by molar-refractivity contribution is 6.38. The van der Waals surface area contributed by atoms with E-state index in [1.165, 1.54) is 36.4 Å². The van der Waals surface area contributed by atoms with E-state index in [0.717, 1.165) is 0 Å². The first-order valence-corrected chi connectivity index (χ1v) is 7.12. The van der Waals surface area contributed by atoms with Crippen molar-refractivity contribution in [3.8, 4) is 17.1 Å². The zero-order chi connectivity index (χ0) is 16.7. The summed E-state index contributed by atoms with van der Waals surface area (Å²) in [5, 5.41) is 19.4. The fourth-order valence-electron chi connectivity index (χ4n) is 2.17. The van der Waals surface area contributed by atoms with E-state index in [-0.39, 0.29) is 32.3 Å². The van der Waals surface area contributed by atoms with Crippen LogP contribution in [-0.2, 0) is 0 Å². The van der Waals surface area contributed by atoms with Crippen molar-refractivity contribution >= 4 is 40.1 Å². The van der Waals surface area contributed by atoms with Gasteiger partial charge in [-0.3, -0.25) is 4.79 Å². The van der Waals surface area contributed by atoms with E-state index in [9.17, 15) is 14.7 Å². The molecule has 0 radical (unpaired) electrons. The number of carboxylic acids is 1. The Morgan fingerprint density at radius 2 is 1.74 bits per heavy atom. The first-order chi connectivity index (χ1) is 10.9. The van der Waals surface area contributed by atoms with Gasteiger partial charge in [0.2, 0.25) is 11.2 Å². The Hall–Kier alpha value is -2.50. The SMILES string of the molecule is O=C(O)c1ccc(-c2oc3c(Cl)cc(Cl)cc3c(=O)c2O)cc1. The lowest BCUT2D eigenvalue weighted by atomic mass is 10.1. The molecule has 5 nitrogen and oxygen atoms in total. The largest absolute Gasteiger partial charge is 0.502 e. The molecule has 23 heavy (non-hydrogen) atoms. The van der Waals surface area contributed by atoms with Crippen LogP contribution in [0.25, 0.3) is 22.3 Å². The van der Waals surface area contributed by atoms with E-state index in [2.05, 4.69) is 0 Å². The number of carbonyl (C=O) groups is 1. The van der Waals surface area contributed by atoms with Crippen molar-refractivity contribution in [1.29, 1.82) is 0 Å². The van der Waals surface area contributed by atoms with Crippen molar-refractivity contribution in [3.63, 3.8) is 0 Å². The van der Waals surface area contributed by atoms with Crippen molar-refractivity contribution in [2.75, 3.05) is 0 Å². The second kappa shape index (κ2) is 5.61. The Bertz CT molecular complexity index is 990. The summed E-state index contributed by atoms with van der Waals surface area (Å²) in [6.07, 6.45) is 0. The van der Waals surface area contributed by atoms with Crippen LogP contribution in [-0.4, -0.2) is 16.2 Å². The standard InChI is InChI=1S/C16H8Cl2O5/c17-9-5-10-12(19)13(20)14(23-15(10)11(18)6-9)7-1-3-8(4-2-7)16(21)22/h1-6,20H,(H,21,22). The van der Waals surface area contributed by atoms with Gasteiger partial charge >= 0.3 is 5.97 Å². The van der Waals surface area contributed by atoms with Crippen LogP contribution in [0.4, 0.5) is 0 Å². The summed E-state index contributed by atoms with van der Waals surface area (Å²) in [6, 6.07) is 8.30. The Labute approximate surface area is 139 Å². The van der Waals surface area contributed by atoms with E-state index in [0.29, 0.717) is 5.56 Å². The molecule has 0 fully saturated rings. The Kier molecular flexibility index (Phi) is 3.75. The van der Waals surface area contributed by atoms with Crippen LogP contribution in [0.15, 0.2) is 45.6 Å². The highest BCUT2D eigenvalue weighted by Crippen LogP contribution is 2.34. The van der Waals surface area contributed by atoms with Crippen LogP contribution >= 0.6 is 23.2 Å². The van der Waals surface area contributed by atoms with Gasteiger partial charge < -0.3 is 14.6 Å². The highest BCUT2D eigenvalue weighted by Gasteiger charge is 2.18. The Morgan fingerprint density at radius 1 is 1.09 bits per heavy atom. The smallest absolute Gasteiger partial charge is 0.335 e. The van der Waals surface area contributed by atoms with Crippen LogP contribution in [0.2, 0.25) is 10.0 Å². The zero-order valence-corrected chi connectivity index (χ0v) is 12.9. The van der Waals surface area contributed by atoms with Gasteiger partial charge in [0.15, 0.2) is 11.3 Å². The number of rotatable bonds is 2. The van der Waals surface area contributed by atoms with E-state index in [1.807, 2.05) is 0 Å². The van der Waals surface area contributed by atoms with Gasteiger partial charge in [0, 0.05) is 10.6 Å². The number of benzene rings is 2. The molecule has 1 heterocycles. The number of halogens is 2. The van der Waals surface area contributed by atoms with Crippen molar-refractivity contribution in [3.05, 3.63) is 62.2 Å². The molecule has 116 valence electrons. The summed E-state index contributed by atoms with van der Waals surface area (Å²) in [7, 11) is 0. The van der Waals surface area contributed by atoms with Crippen molar-refractivity contribution in [2.45, 2.75) is 0 Å². The molecular formula is C16H8Cl2O5. The minimum atomic E-state index is -1.08. The molecule has 3 rings (SSSR count). The summed E-state index contributed by atoms with van der Waals surface area (Å²) in [6.45, 7) is 0. The van der Waals surface area contributed by atoms with Crippen LogP contribution in [0.1, 0.15) is 10.4 Å². The third kappa shape index (κ3) is 2.65. The molecule has 0 saturated heterocycles. The molecule has 3 aromatic rings. The second-order valence-corrected chi connectivity index (χ2v) is 5.60. The molecule has 0 saturated carbocycles. The fraction of sp³-hybridized carbons (Fsp3) is 0. The van der Waals surface area contributed by atoms with Gasteiger partial charge in [-0.25, -0.2) is 4.79 Å². The van der Waals surface area contributed by atoms with Crippen LogP contribution < -0.4 is 5.43 Å². The van der Waals surface area contributed by atoms with E-state index >= 15 is 0 Å². The molecular weight excluding hydrogens is 343 g/mol. The van der Waals surface area contributed by atoms with E-state index in [1.54, 1.807) is 0 Å². The summed E-state index contributed by atoms with van der Waals surface area (Å²) < 4.78 is 5.56. The molecule has 0 aliphatic heterocycles. The second-order valence-electron chi connectivity index (χ2n) is 4.76. The minimum Gasteiger partial charge on any atom is -0.502 e. The molecule has 0 amide bonds. The topological polar surface area (TPSA) is 87.7 Å². The molecule has 0 atom stereocenters. The van der Waals surface area contributed by atoms with Gasteiger partial charge in [-0.05, 0) is 24.3 Å². The maximum atomic E-state index is 12.3. The van der Waals surface area contributed by atoms with Gasteiger partial charge in [-0.15, -0.1) is 0 Å². The quantitative estimate of drug-likeness (QED) is 0.724. The average molecular weight is 351 g/mol. The van der Waals surface area contributed by atoms with Crippen LogP contribution in [0.3, 0.4) is 0 Å². The lowest BCUT2D eigenvalue weighted by Crippen LogP contribution is -2.03. The first-order valence-electron chi connectivity index (χ1n) is 6.37. The number of aromatic hydroxyl groups is 1. The molecule has 0 aliphatic rings. The molecule has 0 bridgehead atoms. The third-order valence-electron chi connectivity index (χ3n) is 3.28. The number of hydrogen-bond donors (Lipinski definition) is 2. The molecule has 7 heteroatoms. The van der Waals surface area contributed by atoms with Crippen molar-refractivity contribution in [1.82, 2.24) is 0 Å². The zero-order valence-electron chi connectivity index (χ0n) is 11.3. The Morgan fingerprint density at radius 3 is 2.35 bits per heavy atom. The predicted octanol–water partition coefficient (Wildman–Crippen LogP) is 4.17. The highest BCUT2D eigenvalue weighted by atomic mass is 35.5. The van der Waals surface area contributed by atoms with Gasteiger partial charge in [-0.2, -0.15) is 0 Å². The minimum absolute atomic E-state index is 0.0610. The van der Waals surface area contributed by atoms with E-state index < -0.39 is 17.1 Å². The molecule has 0 aliphatic carbocycles. The first kappa shape index (κ1) is 15.4. The number of carboxylic acid groups (broad SMARTS) is 1. The molecule has 2 aromatic carbocycles. The molecule has 1 aromatic heterocycles. The van der Waals surface area contributed by atoms with Crippen molar-refractivity contribution < 1.29 is 19.4 Å². The lowest BCUT2D eigenvalue weighted by molar-refractivity contribution is 0.0697. The maximum Gasteiger partial charge on any atom is 0.335 e. The molecule has 0 spiro atoms. The van der Waals surface area contributed by atoms with E-state index in [4.69, 9.17) is 32.7 Å². The molecule has 0 unspecified atom stereocenters. The van der Waals surface area contributed by atoms with Gasteiger partial charge in [-0.1, -0.05) is 35.3 Å². The number of aromatic carboxylic acids is 1. The maximum absolute atomic E-state index is 12.3. The number of fused-ring (bicyclic) bond motifs is 1. The average Bonchev–Trinajstić information content (AvgIpc) is 2.51. The number of hydrogen-bond acceptors (Lipinski definition) is 4. The fourth-order valence-corrected chi connectivity index (χ4v) is 2.71. The normalized spacial score (nSPS) is 10.9. The Balaban J connectivity index is 2.28. The lowest BCUT2D eigenvalue weighted by Gasteiger charge is -2.07.